The van der Waals surface area contributed by atoms with E-state index in [1.165, 1.54) is 4.57 Å². The molecule has 16 heavy (non-hydrogen) atoms. The maximum Gasteiger partial charge on any atom is 0.329 e. The summed E-state index contributed by atoms with van der Waals surface area (Å²) in [5.41, 5.74) is -0.353. The molecule has 0 bridgehead atoms. The minimum Gasteiger partial charge on any atom is -0.297 e. The van der Waals surface area contributed by atoms with Crippen LogP contribution in [0.2, 0.25) is 5.15 Å². The van der Waals surface area contributed by atoms with Crippen LogP contribution in [0.15, 0.2) is 9.59 Å². The van der Waals surface area contributed by atoms with Crippen LogP contribution in [-0.2, 0) is 0 Å². The molecule has 90 valence electrons. The average Bonchev–Trinajstić information content (AvgIpc) is 2.23. The van der Waals surface area contributed by atoms with E-state index in [0.717, 1.165) is 12.2 Å². The number of nitrogens with one attached hydrogen (secondary N) is 1. The smallest absolute Gasteiger partial charge is 0.297 e. The second-order valence-corrected chi connectivity index (χ2v) is 5.04. The highest BCUT2D eigenvalue weighted by molar-refractivity contribution is 7.98. The summed E-state index contributed by atoms with van der Waals surface area (Å²) in [6, 6.07) is -0.111. The number of halogens is 1. The number of aromatic nitrogens is 2. The van der Waals surface area contributed by atoms with Gasteiger partial charge in [-0.1, -0.05) is 11.6 Å². The highest BCUT2D eigenvalue weighted by Crippen LogP contribution is 2.11. The number of thioether (sulfide) groups is 1. The van der Waals surface area contributed by atoms with Crippen LogP contribution in [0.25, 0.3) is 0 Å². The van der Waals surface area contributed by atoms with Gasteiger partial charge in [-0.2, -0.15) is 11.8 Å². The molecule has 1 atom stereocenters. The highest BCUT2D eigenvalue weighted by Gasteiger charge is 2.13. The Morgan fingerprint density at radius 3 is 2.69 bits per heavy atom. The fourth-order valence-electron chi connectivity index (χ4n) is 1.43. The number of H-pyrrole nitrogens is 1. The van der Waals surface area contributed by atoms with Crippen molar-refractivity contribution >= 4 is 23.4 Å². The SMILES string of the molecule is CSCCC(C)n1c(=O)[nH]c(Cl)c(C)c1=O. The van der Waals surface area contributed by atoms with E-state index in [2.05, 4.69) is 4.98 Å². The molecule has 0 saturated heterocycles. The predicted octanol–water partition coefficient (Wildman–Crippen LogP) is 1.81. The minimum atomic E-state index is -0.436. The Kier molecular flexibility index (Phi) is 4.68. The van der Waals surface area contributed by atoms with Gasteiger partial charge in [0.15, 0.2) is 0 Å². The third kappa shape index (κ3) is 2.71. The molecular weight excluding hydrogens is 248 g/mol. The van der Waals surface area contributed by atoms with Gasteiger partial charge >= 0.3 is 5.69 Å². The van der Waals surface area contributed by atoms with Crippen LogP contribution < -0.4 is 11.2 Å². The Morgan fingerprint density at radius 2 is 2.12 bits per heavy atom. The first-order chi connectivity index (χ1) is 7.49. The number of aromatic amines is 1. The van der Waals surface area contributed by atoms with Gasteiger partial charge in [0.25, 0.3) is 5.56 Å². The van der Waals surface area contributed by atoms with E-state index in [1.54, 1.807) is 18.7 Å². The zero-order valence-electron chi connectivity index (χ0n) is 9.54. The molecule has 1 aromatic rings. The van der Waals surface area contributed by atoms with Gasteiger partial charge in [0.05, 0.1) is 0 Å². The Morgan fingerprint density at radius 1 is 1.50 bits per heavy atom. The van der Waals surface area contributed by atoms with Gasteiger partial charge in [-0.05, 0) is 32.3 Å². The number of rotatable bonds is 4. The summed E-state index contributed by atoms with van der Waals surface area (Å²) in [5.74, 6) is 0.911. The van der Waals surface area contributed by atoms with Gasteiger partial charge in [0.1, 0.15) is 5.15 Å². The first-order valence-corrected chi connectivity index (χ1v) is 6.76. The summed E-state index contributed by atoms with van der Waals surface area (Å²) in [6.07, 6.45) is 2.78. The molecule has 1 N–H and O–H groups in total. The molecule has 1 aromatic heterocycles. The molecule has 1 heterocycles. The standard InChI is InChI=1S/C10H15ClN2O2S/c1-6(4-5-16-3)13-9(14)7(2)8(11)12-10(13)15/h6H,4-5H2,1-3H3,(H,12,15). The van der Waals surface area contributed by atoms with E-state index in [0.29, 0.717) is 5.56 Å². The lowest BCUT2D eigenvalue weighted by molar-refractivity contribution is 0.491. The normalized spacial score (nSPS) is 12.8. The van der Waals surface area contributed by atoms with Crippen LogP contribution in [0.4, 0.5) is 0 Å². The molecule has 0 aliphatic carbocycles. The minimum absolute atomic E-state index is 0.111. The quantitative estimate of drug-likeness (QED) is 0.842. The van der Waals surface area contributed by atoms with Crippen LogP contribution in [0.1, 0.15) is 24.9 Å². The third-order valence-electron chi connectivity index (χ3n) is 2.48. The number of hydrogen-bond acceptors (Lipinski definition) is 3. The van der Waals surface area contributed by atoms with Crippen molar-refractivity contribution in [2.24, 2.45) is 0 Å². The summed E-state index contributed by atoms with van der Waals surface area (Å²) < 4.78 is 1.23. The number of nitrogens with zero attached hydrogens (tertiary/aromatic N) is 1. The van der Waals surface area contributed by atoms with Gasteiger partial charge in [-0.15, -0.1) is 0 Å². The highest BCUT2D eigenvalue weighted by atomic mass is 35.5. The molecule has 0 amide bonds. The van der Waals surface area contributed by atoms with Crippen LogP contribution in [0.3, 0.4) is 0 Å². The largest absolute Gasteiger partial charge is 0.329 e. The molecule has 0 fully saturated rings. The maximum absolute atomic E-state index is 11.9. The lowest BCUT2D eigenvalue weighted by Gasteiger charge is -2.14. The molecule has 1 rings (SSSR count). The van der Waals surface area contributed by atoms with Crippen LogP contribution >= 0.6 is 23.4 Å². The molecule has 6 heteroatoms. The molecule has 0 radical (unpaired) electrons. The number of hydrogen-bond donors (Lipinski definition) is 1. The molecular formula is C10H15ClN2O2S. The van der Waals surface area contributed by atoms with Gasteiger partial charge in [0, 0.05) is 11.6 Å². The van der Waals surface area contributed by atoms with Crippen molar-refractivity contribution in [3.05, 3.63) is 31.6 Å². The van der Waals surface area contributed by atoms with Crippen molar-refractivity contribution in [1.82, 2.24) is 9.55 Å². The van der Waals surface area contributed by atoms with Crippen molar-refractivity contribution < 1.29 is 0 Å². The molecule has 0 saturated carbocycles. The zero-order valence-corrected chi connectivity index (χ0v) is 11.1. The van der Waals surface area contributed by atoms with Crippen molar-refractivity contribution in [3.63, 3.8) is 0 Å². The van der Waals surface area contributed by atoms with Gasteiger partial charge in [-0.25, -0.2) is 4.79 Å². The Labute approximate surface area is 103 Å². The van der Waals surface area contributed by atoms with E-state index in [4.69, 9.17) is 11.6 Å². The van der Waals surface area contributed by atoms with Gasteiger partial charge < -0.3 is 0 Å². The van der Waals surface area contributed by atoms with E-state index < -0.39 is 5.69 Å². The summed E-state index contributed by atoms with van der Waals surface area (Å²) in [7, 11) is 0. The fraction of sp³-hybridized carbons (Fsp3) is 0.600. The van der Waals surface area contributed by atoms with Crippen LogP contribution in [0.5, 0.6) is 0 Å². The summed E-state index contributed by atoms with van der Waals surface area (Å²) in [6.45, 7) is 3.47. The summed E-state index contributed by atoms with van der Waals surface area (Å²) >= 11 is 7.42. The van der Waals surface area contributed by atoms with Crippen LogP contribution in [-0.4, -0.2) is 21.6 Å². The Hall–Kier alpha value is -0.680. The first kappa shape index (κ1) is 13.4. The molecule has 1 unspecified atom stereocenters. The van der Waals surface area contributed by atoms with Gasteiger partial charge in [-0.3, -0.25) is 14.3 Å². The van der Waals surface area contributed by atoms with E-state index in [9.17, 15) is 9.59 Å². The molecule has 4 nitrogen and oxygen atoms in total. The topological polar surface area (TPSA) is 54.9 Å². The molecule has 0 aromatic carbocycles. The Bertz CT molecular complexity index is 481. The van der Waals surface area contributed by atoms with Crippen molar-refractivity contribution in [1.29, 1.82) is 0 Å². The monoisotopic (exact) mass is 262 g/mol. The maximum atomic E-state index is 11.9. The average molecular weight is 263 g/mol. The van der Waals surface area contributed by atoms with Crippen molar-refractivity contribution in [3.8, 4) is 0 Å². The van der Waals surface area contributed by atoms with E-state index >= 15 is 0 Å². The first-order valence-electron chi connectivity index (χ1n) is 4.99. The zero-order chi connectivity index (χ0) is 12.3. The lowest BCUT2D eigenvalue weighted by atomic mass is 10.2. The third-order valence-corrected chi connectivity index (χ3v) is 3.51. The van der Waals surface area contributed by atoms with Crippen molar-refractivity contribution in [2.75, 3.05) is 12.0 Å². The van der Waals surface area contributed by atoms with Crippen molar-refractivity contribution in [2.45, 2.75) is 26.3 Å². The summed E-state index contributed by atoms with van der Waals surface area (Å²) in [5, 5.41) is 0.128. The predicted molar refractivity (Wildman–Crippen MR) is 68.8 cm³/mol. The Balaban J connectivity index is 3.19. The second-order valence-electron chi connectivity index (χ2n) is 3.67. The van der Waals surface area contributed by atoms with Crippen LogP contribution in [0, 0.1) is 6.92 Å². The summed E-state index contributed by atoms with van der Waals surface area (Å²) in [4.78, 5) is 26.0. The lowest BCUT2D eigenvalue weighted by Crippen LogP contribution is -2.38. The molecule has 0 spiro atoms. The van der Waals surface area contributed by atoms with Gasteiger partial charge in [0.2, 0.25) is 0 Å². The second kappa shape index (κ2) is 5.59. The van der Waals surface area contributed by atoms with E-state index in [1.807, 2.05) is 13.2 Å². The fourth-order valence-corrected chi connectivity index (χ4v) is 2.17. The van der Waals surface area contributed by atoms with E-state index in [-0.39, 0.29) is 16.8 Å². The molecule has 0 aliphatic rings. The molecule has 0 aliphatic heterocycles.